The Morgan fingerprint density at radius 1 is 1.04 bits per heavy atom. The largest absolute Gasteiger partial charge is 0.573 e. The van der Waals surface area contributed by atoms with E-state index in [4.69, 9.17) is 5.11 Å². The number of nitrogens with one attached hydrogen (secondary N) is 1. The third-order valence-electron chi connectivity index (χ3n) is 3.59. The molecule has 0 radical (unpaired) electrons. The lowest BCUT2D eigenvalue weighted by atomic mass is 9.87. The van der Waals surface area contributed by atoms with Crippen LogP contribution in [0.2, 0.25) is 0 Å². The van der Waals surface area contributed by atoms with E-state index in [2.05, 4.69) is 10.1 Å². The van der Waals surface area contributed by atoms with Crippen molar-refractivity contribution in [3.63, 3.8) is 0 Å². The van der Waals surface area contributed by atoms with Gasteiger partial charge in [0.05, 0.1) is 16.9 Å². The average molecular weight is 369 g/mol. The Morgan fingerprint density at radius 2 is 1.69 bits per heavy atom. The maximum absolute atomic E-state index is 12.6. The number of phenols is 1. The van der Waals surface area contributed by atoms with Crippen molar-refractivity contribution in [2.45, 2.75) is 32.5 Å². The Balaban J connectivity index is 2.47. The number of aromatic carboxylic acids is 1. The van der Waals surface area contributed by atoms with Gasteiger partial charge in [-0.1, -0.05) is 26.8 Å². The van der Waals surface area contributed by atoms with Crippen LogP contribution in [0.3, 0.4) is 0 Å². The van der Waals surface area contributed by atoms with Gasteiger partial charge in [0.2, 0.25) is 0 Å². The summed E-state index contributed by atoms with van der Waals surface area (Å²) in [5, 5.41) is 21.6. The monoisotopic (exact) mass is 369 g/mol. The van der Waals surface area contributed by atoms with Crippen molar-refractivity contribution in [1.82, 2.24) is 0 Å². The van der Waals surface area contributed by atoms with Crippen LogP contribution in [0.5, 0.6) is 11.5 Å². The second kappa shape index (κ2) is 6.78. The van der Waals surface area contributed by atoms with Crippen molar-refractivity contribution < 1.29 is 32.9 Å². The minimum Gasteiger partial charge on any atom is -0.506 e. The number of carboxylic acids is 1. The normalized spacial score (nSPS) is 11.9. The predicted molar refractivity (Wildman–Crippen MR) is 90.2 cm³/mol. The van der Waals surface area contributed by atoms with Crippen LogP contribution in [0.1, 0.15) is 36.7 Å². The molecule has 2 aromatic rings. The summed E-state index contributed by atoms with van der Waals surface area (Å²) in [6, 6.07) is 7.80. The number of halogens is 3. The van der Waals surface area contributed by atoms with Crippen LogP contribution in [-0.2, 0) is 5.41 Å². The highest BCUT2D eigenvalue weighted by Gasteiger charge is 2.32. The summed E-state index contributed by atoms with van der Waals surface area (Å²) in [4.78, 5) is 11.0. The summed E-state index contributed by atoms with van der Waals surface area (Å²) in [5.74, 6) is -2.27. The number of alkyl halides is 3. The summed E-state index contributed by atoms with van der Waals surface area (Å²) < 4.78 is 41.9. The number of hydrogen-bond acceptors (Lipinski definition) is 4. The van der Waals surface area contributed by atoms with Gasteiger partial charge in [0.1, 0.15) is 5.75 Å². The molecule has 0 aliphatic carbocycles. The second-order valence-electron chi connectivity index (χ2n) is 6.67. The number of aromatic hydroxyl groups is 1. The highest BCUT2D eigenvalue weighted by molar-refractivity contribution is 5.89. The van der Waals surface area contributed by atoms with E-state index >= 15 is 0 Å². The molecule has 5 nitrogen and oxygen atoms in total. The minimum atomic E-state index is -5.00. The molecule has 140 valence electrons. The zero-order valence-electron chi connectivity index (χ0n) is 14.3. The molecule has 2 rings (SSSR count). The Morgan fingerprint density at radius 3 is 2.23 bits per heavy atom. The first-order valence-electron chi connectivity index (χ1n) is 7.60. The smallest absolute Gasteiger partial charge is 0.506 e. The summed E-state index contributed by atoms with van der Waals surface area (Å²) in [5.41, 5.74) is 0.282. The molecule has 0 aromatic heterocycles. The molecule has 26 heavy (non-hydrogen) atoms. The maximum atomic E-state index is 12.6. The maximum Gasteiger partial charge on any atom is 0.573 e. The summed E-state index contributed by atoms with van der Waals surface area (Å²) >= 11 is 0. The molecule has 0 spiro atoms. The van der Waals surface area contributed by atoms with Crippen LogP contribution in [0, 0.1) is 0 Å². The molecule has 0 bridgehead atoms. The van der Waals surface area contributed by atoms with Crippen molar-refractivity contribution in [2.24, 2.45) is 0 Å². The first-order valence-corrected chi connectivity index (χ1v) is 7.60. The topological polar surface area (TPSA) is 78.8 Å². The molecule has 0 unspecified atom stereocenters. The van der Waals surface area contributed by atoms with Gasteiger partial charge in [0, 0.05) is 0 Å². The molecule has 3 N–H and O–H groups in total. The number of phenolic OH excluding ortho intramolecular Hbond substituents is 1. The predicted octanol–water partition coefficient (Wildman–Crippen LogP) is 5.03. The molecule has 0 heterocycles. The number of benzene rings is 2. The van der Waals surface area contributed by atoms with Gasteiger partial charge in [-0.2, -0.15) is 0 Å². The first-order chi connectivity index (χ1) is 11.9. The first kappa shape index (κ1) is 19.4. The van der Waals surface area contributed by atoms with Gasteiger partial charge in [-0.25, -0.2) is 4.79 Å². The number of carbonyl (C=O) groups is 1. The summed E-state index contributed by atoms with van der Waals surface area (Å²) in [6.07, 6.45) is -5.00. The van der Waals surface area contributed by atoms with Gasteiger partial charge in [0.15, 0.2) is 5.75 Å². The highest BCUT2D eigenvalue weighted by Crippen LogP contribution is 2.37. The molecule has 0 saturated carbocycles. The molecule has 0 atom stereocenters. The SMILES string of the molecule is CC(C)(C)c1ccc(O)c(Nc2ccc(C(=O)O)cc2OC(F)(F)F)c1. The fourth-order valence-corrected chi connectivity index (χ4v) is 2.22. The number of carboxylic acid groups (broad SMARTS) is 1. The number of rotatable bonds is 4. The molecule has 0 aliphatic heterocycles. The van der Waals surface area contributed by atoms with Crippen molar-refractivity contribution in [1.29, 1.82) is 0 Å². The van der Waals surface area contributed by atoms with Crippen LogP contribution >= 0.6 is 0 Å². The van der Waals surface area contributed by atoms with E-state index in [1.54, 1.807) is 12.1 Å². The van der Waals surface area contributed by atoms with Crippen molar-refractivity contribution >= 4 is 17.3 Å². The van der Waals surface area contributed by atoms with E-state index in [1.165, 1.54) is 6.07 Å². The number of anilines is 2. The van der Waals surface area contributed by atoms with Crippen LogP contribution in [-0.4, -0.2) is 22.5 Å². The van der Waals surface area contributed by atoms with Gasteiger partial charge in [-0.15, -0.1) is 13.2 Å². The van der Waals surface area contributed by atoms with Crippen LogP contribution in [0.4, 0.5) is 24.5 Å². The Hall–Kier alpha value is -2.90. The Kier molecular flexibility index (Phi) is 5.06. The second-order valence-corrected chi connectivity index (χ2v) is 6.67. The molecular weight excluding hydrogens is 351 g/mol. The fraction of sp³-hybridized carbons (Fsp3) is 0.278. The zero-order valence-corrected chi connectivity index (χ0v) is 14.3. The zero-order chi connectivity index (χ0) is 19.7. The average Bonchev–Trinajstić information content (AvgIpc) is 2.48. The van der Waals surface area contributed by atoms with E-state index in [9.17, 15) is 23.1 Å². The van der Waals surface area contributed by atoms with Crippen molar-refractivity contribution in [2.75, 3.05) is 5.32 Å². The Labute approximate surface area is 148 Å². The van der Waals surface area contributed by atoms with E-state index in [0.29, 0.717) is 0 Å². The van der Waals surface area contributed by atoms with Gasteiger partial charge in [-0.05, 0) is 41.3 Å². The van der Waals surface area contributed by atoms with Gasteiger partial charge >= 0.3 is 12.3 Å². The molecular formula is C18H18F3NO4. The van der Waals surface area contributed by atoms with Crippen molar-refractivity contribution in [3.05, 3.63) is 47.5 Å². The van der Waals surface area contributed by atoms with Crippen molar-refractivity contribution in [3.8, 4) is 11.5 Å². The van der Waals surface area contributed by atoms with Crippen LogP contribution in [0.25, 0.3) is 0 Å². The third-order valence-corrected chi connectivity index (χ3v) is 3.59. The molecule has 0 amide bonds. The highest BCUT2D eigenvalue weighted by atomic mass is 19.4. The lowest BCUT2D eigenvalue weighted by Crippen LogP contribution is -2.18. The molecule has 0 fully saturated rings. The number of hydrogen-bond donors (Lipinski definition) is 3. The Bertz CT molecular complexity index is 826. The van der Waals surface area contributed by atoms with Gasteiger partial charge < -0.3 is 20.3 Å². The van der Waals surface area contributed by atoms with Gasteiger partial charge in [-0.3, -0.25) is 0 Å². The van der Waals surface area contributed by atoms with Crippen LogP contribution in [0.15, 0.2) is 36.4 Å². The molecule has 8 heteroatoms. The quantitative estimate of drug-likeness (QED) is 0.659. The fourth-order valence-electron chi connectivity index (χ4n) is 2.22. The summed E-state index contributed by atoms with van der Waals surface area (Å²) in [7, 11) is 0. The third kappa shape index (κ3) is 4.81. The number of ether oxygens (including phenoxy) is 1. The van der Waals surface area contributed by atoms with E-state index < -0.39 is 18.1 Å². The van der Waals surface area contributed by atoms with E-state index in [0.717, 1.165) is 23.8 Å². The van der Waals surface area contributed by atoms with Crippen LogP contribution < -0.4 is 10.1 Å². The van der Waals surface area contributed by atoms with E-state index in [1.807, 2.05) is 20.8 Å². The lowest BCUT2D eigenvalue weighted by Gasteiger charge is -2.21. The minimum absolute atomic E-state index is 0.131. The molecule has 0 saturated heterocycles. The standard InChI is InChI=1S/C18H18F3NO4/c1-17(2,3)11-5-7-14(23)13(9-11)22-12-6-4-10(16(24)25)8-15(12)26-18(19,20)21/h4-9,22-23H,1-3H3,(H,24,25). The van der Waals surface area contributed by atoms with Gasteiger partial charge in [0.25, 0.3) is 0 Å². The molecule has 0 aliphatic rings. The lowest BCUT2D eigenvalue weighted by molar-refractivity contribution is -0.274. The summed E-state index contributed by atoms with van der Waals surface area (Å²) in [6.45, 7) is 5.84. The molecule has 2 aromatic carbocycles. The van der Waals surface area contributed by atoms with E-state index in [-0.39, 0.29) is 28.1 Å².